The van der Waals surface area contributed by atoms with Crippen molar-refractivity contribution in [3.63, 3.8) is 0 Å². The van der Waals surface area contributed by atoms with Crippen molar-refractivity contribution >= 4 is 23.7 Å². The number of aliphatic hydroxyl groups is 1. The number of nitrogens with zero attached hydrogens (tertiary/aromatic N) is 2. The highest BCUT2D eigenvalue weighted by atomic mass is 16.6. The number of rotatable bonds is 5. The lowest BCUT2D eigenvalue weighted by Gasteiger charge is -2.38. The van der Waals surface area contributed by atoms with Crippen molar-refractivity contribution < 1.29 is 33.8 Å². The maximum absolute atomic E-state index is 14.3. The number of aliphatic hydroxyl groups excluding tert-OH is 1. The quantitative estimate of drug-likeness (QED) is 0.418. The van der Waals surface area contributed by atoms with Gasteiger partial charge in [-0.2, -0.15) is 0 Å². The van der Waals surface area contributed by atoms with E-state index >= 15 is 0 Å². The number of esters is 1. The summed E-state index contributed by atoms with van der Waals surface area (Å²) in [5.74, 6) is -3.48. The lowest BCUT2D eigenvalue weighted by atomic mass is 9.78. The molecule has 1 aromatic carbocycles. The molecule has 2 fully saturated rings. The second-order valence-corrected chi connectivity index (χ2v) is 11.0. The van der Waals surface area contributed by atoms with E-state index < -0.39 is 53.6 Å². The summed E-state index contributed by atoms with van der Waals surface area (Å²) in [7, 11) is 0. The number of cyclic esters (lactones) is 1. The van der Waals surface area contributed by atoms with Crippen LogP contribution < -0.4 is 5.32 Å². The van der Waals surface area contributed by atoms with Crippen molar-refractivity contribution in [2.45, 2.75) is 69.5 Å². The predicted molar refractivity (Wildman–Crippen MR) is 144 cm³/mol. The molecule has 214 valence electrons. The number of carbonyl (C=O) groups is 4. The normalized spacial score (nSPS) is 34.0. The lowest BCUT2D eigenvalue weighted by molar-refractivity contribution is -0.159. The molecule has 7 atom stereocenters. The summed E-state index contributed by atoms with van der Waals surface area (Å²) in [6.07, 6.45) is 6.77. The Morgan fingerprint density at radius 3 is 2.62 bits per heavy atom. The Morgan fingerprint density at radius 1 is 1.12 bits per heavy atom. The molecule has 1 aromatic rings. The van der Waals surface area contributed by atoms with E-state index in [4.69, 9.17) is 9.47 Å². The molecule has 0 saturated carbocycles. The van der Waals surface area contributed by atoms with Gasteiger partial charge in [0.15, 0.2) is 0 Å². The summed E-state index contributed by atoms with van der Waals surface area (Å²) in [5, 5.41) is 13.0. The minimum atomic E-state index is -1.42. The molecular weight excluding hydrogens is 514 g/mol. The average Bonchev–Trinajstić information content (AvgIpc) is 3.34. The molecule has 0 unspecified atom stereocenters. The number of allylic oxidation sites excluding steroid dienone is 1. The van der Waals surface area contributed by atoms with Crippen molar-refractivity contribution in [3.8, 4) is 0 Å². The Hall–Kier alpha value is -3.50. The highest BCUT2D eigenvalue weighted by Crippen LogP contribution is 2.53. The van der Waals surface area contributed by atoms with Crippen molar-refractivity contribution in [1.29, 1.82) is 0 Å². The maximum Gasteiger partial charge on any atom is 0.313 e. The van der Waals surface area contributed by atoms with Crippen LogP contribution in [0.5, 0.6) is 0 Å². The number of ether oxygens (including phenoxy) is 2. The molecule has 4 aliphatic rings. The number of carbonyl (C=O) groups excluding carboxylic acids is 4. The van der Waals surface area contributed by atoms with Crippen LogP contribution in [0.3, 0.4) is 0 Å². The van der Waals surface area contributed by atoms with Crippen LogP contribution in [0.25, 0.3) is 0 Å². The summed E-state index contributed by atoms with van der Waals surface area (Å²) in [4.78, 5) is 57.5. The SMILES string of the molecule is CC[C@@H](CO)N1C(=O)[C@H]2[C@@H]3C(=O)O[C@@H](C)CNC(=O)CC/C=C\[C@@H]3O[C@]23C=CCN(Cc2ccccc2)C(=O)[C@H]13. The molecule has 1 spiro atoms. The first-order chi connectivity index (χ1) is 19.3. The third-order valence-electron chi connectivity index (χ3n) is 8.35. The average molecular weight is 552 g/mol. The van der Waals surface area contributed by atoms with Crippen molar-refractivity contribution in [2.24, 2.45) is 11.8 Å². The van der Waals surface area contributed by atoms with Gasteiger partial charge in [-0.3, -0.25) is 19.2 Å². The molecule has 4 aliphatic heterocycles. The minimum Gasteiger partial charge on any atom is -0.460 e. The largest absolute Gasteiger partial charge is 0.460 e. The topological polar surface area (TPSA) is 125 Å². The van der Waals surface area contributed by atoms with Gasteiger partial charge in [0.2, 0.25) is 17.7 Å². The van der Waals surface area contributed by atoms with Crippen LogP contribution >= 0.6 is 0 Å². The van der Waals surface area contributed by atoms with E-state index in [1.807, 2.05) is 43.3 Å². The number of hydrogen-bond donors (Lipinski definition) is 2. The molecule has 10 nitrogen and oxygen atoms in total. The number of likely N-dealkylation sites (tertiary alicyclic amines) is 1. The first-order valence-electron chi connectivity index (χ1n) is 14.1. The number of hydrogen-bond acceptors (Lipinski definition) is 7. The standard InChI is InChI=1S/C30H37N3O7/c1-3-21(18-34)33-26-28(37)32(17-20-10-5-4-6-11-20)15-9-14-30(26)25(27(33)36)24-22(40-30)12-7-8-13-23(35)31-16-19(2)39-29(24)38/h4-7,9-12,14,19,21-22,24-26,34H,3,8,13,15-18H2,1-2H3,(H,31,35)/b12-7-/t19-,21-,22-,24+,25+,26-,30+/m0/s1. The third kappa shape index (κ3) is 4.94. The van der Waals surface area contributed by atoms with Gasteiger partial charge < -0.3 is 29.7 Å². The van der Waals surface area contributed by atoms with Crippen LogP contribution in [0, 0.1) is 11.8 Å². The molecule has 4 heterocycles. The van der Waals surface area contributed by atoms with Crippen LogP contribution in [0.4, 0.5) is 0 Å². The van der Waals surface area contributed by atoms with Gasteiger partial charge >= 0.3 is 5.97 Å². The first-order valence-corrected chi connectivity index (χ1v) is 14.1. The summed E-state index contributed by atoms with van der Waals surface area (Å²) in [5.41, 5.74) is -0.475. The molecule has 10 heteroatoms. The minimum absolute atomic E-state index is 0.149. The maximum atomic E-state index is 14.3. The van der Waals surface area contributed by atoms with Gasteiger partial charge in [0, 0.05) is 19.5 Å². The smallest absolute Gasteiger partial charge is 0.313 e. The fourth-order valence-corrected chi connectivity index (χ4v) is 6.40. The summed E-state index contributed by atoms with van der Waals surface area (Å²) in [6, 6.07) is 7.91. The highest BCUT2D eigenvalue weighted by molar-refractivity contribution is 5.99. The Labute approximate surface area is 234 Å². The molecule has 0 radical (unpaired) electrons. The summed E-state index contributed by atoms with van der Waals surface area (Å²) >= 11 is 0. The van der Waals surface area contributed by atoms with Gasteiger partial charge in [0.25, 0.3) is 0 Å². The first kappa shape index (κ1) is 28.0. The third-order valence-corrected chi connectivity index (χ3v) is 8.35. The number of benzene rings is 1. The molecule has 5 rings (SSSR count). The number of amides is 3. The molecule has 0 aliphatic carbocycles. The molecule has 40 heavy (non-hydrogen) atoms. The van der Waals surface area contributed by atoms with E-state index in [-0.39, 0.29) is 31.4 Å². The number of nitrogens with one attached hydrogen (secondary N) is 1. The molecule has 0 aromatic heterocycles. The Morgan fingerprint density at radius 2 is 1.90 bits per heavy atom. The molecular formula is C30H37N3O7. The van der Waals surface area contributed by atoms with Gasteiger partial charge in [-0.1, -0.05) is 61.6 Å². The van der Waals surface area contributed by atoms with E-state index in [0.717, 1.165) is 5.56 Å². The zero-order valence-electron chi connectivity index (χ0n) is 22.9. The fourth-order valence-electron chi connectivity index (χ4n) is 6.40. The zero-order valence-corrected chi connectivity index (χ0v) is 22.9. The Kier molecular flexibility index (Phi) is 8.09. The highest BCUT2D eigenvalue weighted by Gasteiger charge is 2.72. The second-order valence-electron chi connectivity index (χ2n) is 11.0. The van der Waals surface area contributed by atoms with Gasteiger partial charge in [0.05, 0.1) is 31.2 Å². The predicted octanol–water partition coefficient (Wildman–Crippen LogP) is 1.33. The van der Waals surface area contributed by atoms with Crippen LogP contribution in [-0.4, -0.2) is 88.2 Å². The van der Waals surface area contributed by atoms with E-state index in [0.29, 0.717) is 25.9 Å². The fraction of sp³-hybridized carbons (Fsp3) is 0.533. The van der Waals surface area contributed by atoms with Crippen LogP contribution in [0.1, 0.15) is 38.7 Å². The van der Waals surface area contributed by atoms with E-state index in [2.05, 4.69) is 5.32 Å². The van der Waals surface area contributed by atoms with E-state index in [9.17, 15) is 24.3 Å². The second kappa shape index (κ2) is 11.5. The van der Waals surface area contributed by atoms with Gasteiger partial charge in [-0.15, -0.1) is 0 Å². The van der Waals surface area contributed by atoms with E-state index in [1.165, 1.54) is 4.90 Å². The molecule has 2 saturated heterocycles. The summed E-state index contributed by atoms with van der Waals surface area (Å²) < 4.78 is 12.4. The van der Waals surface area contributed by atoms with Gasteiger partial charge in [-0.25, -0.2) is 0 Å². The monoisotopic (exact) mass is 551 g/mol. The van der Waals surface area contributed by atoms with Gasteiger partial charge in [-0.05, 0) is 25.3 Å². The zero-order chi connectivity index (χ0) is 28.4. The molecule has 2 N–H and O–H groups in total. The van der Waals surface area contributed by atoms with Crippen molar-refractivity contribution in [1.82, 2.24) is 15.1 Å². The Bertz CT molecular complexity index is 1200. The van der Waals surface area contributed by atoms with Crippen LogP contribution in [-0.2, 0) is 35.2 Å². The van der Waals surface area contributed by atoms with E-state index in [1.54, 1.807) is 30.1 Å². The van der Waals surface area contributed by atoms with Crippen LogP contribution in [0.2, 0.25) is 0 Å². The number of fused-ring (bicyclic) bond motifs is 2. The van der Waals surface area contributed by atoms with Crippen LogP contribution in [0.15, 0.2) is 54.6 Å². The van der Waals surface area contributed by atoms with Crippen molar-refractivity contribution in [2.75, 3.05) is 19.7 Å². The molecule has 3 amide bonds. The lowest BCUT2D eigenvalue weighted by Crippen LogP contribution is -2.57. The summed E-state index contributed by atoms with van der Waals surface area (Å²) in [6.45, 7) is 4.00. The van der Waals surface area contributed by atoms with Crippen molar-refractivity contribution in [3.05, 3.63) is 60.2 Å². The molecule has 0 bridgehead atoms. The Balaban J connectivity index is 1.57. The van der Waals surface area contributed by atoms with Gasteiger partial charge in [0.1, 0.15) is 23.7 Å².